The summed E-state index contributed by atoms with van der Waals surface area (Å²) in [7, 11) is 0. The quantitative estimate of drug-likeness (QED) is 0.548. The van der Waals surface area contributed by atoms with Crippen LogP contribution in [-0.4, -0.2) is 40.6 Å². The van der Waals surface area contributed by atoms with Crippen molar-refractivity contribution in [2.75, 3.05) is 12.3 Å². The van der Waals surface area contributed by atoms with Crippen LogP contribution in [0.4, 0.5) is 0 Å². The fourth-order valence-electron chi connectivity index (χ4n) is 3.27. The second kappa shape index (κ2) is 11.8. The summed E-state index contributed by atoms with van der Waals surface area (Å²) in [5.74, 6) is 0.648. The standard InChI is InChI=1S/C25H34N2O2S/c1-5-22(24(29)26-25(2,3)4)27(18-16-20-12-8-6-9-13-20)23(28)17-19-30-21-14-10-7-11-15-21/h6-15,22H,5,16-19H2,1-4H3,(H,26,29). The Morgan fingerprint density at radius 1 is 1.00 bits per heavy atom. The molecule has 0 aromatic heterocycles. The Morgan fingerprint density at radius 2 is 1.60 bits per heavy atom. The first kappa shape index (κ1) is 24.0. The number of benzene rings is 2. The average Bonchev–Trinajstić information content (AvgIpc) is 2.71. The summed E-state index contributed by atoms with van der Waals surface area (Å²) in [6.45, 7) is 8.39. The minimum absolute atomic E-state index is 0.0327. The second-order valence-electron chi connectivity index (χ2n) is 8.40. The Kier molecular flexibility index (Phi) is 9.44. The molecule has 0 saturated carbocycles. The van der Waals surface area contributed by atoms with Gasteiger partial charge < -0.3 is 10.2 Å². The molecular weight excluding hydrogens is 392 g/mol. The minimum Gasteiger partial charge on any atom is -0.350 e. The molecule has 2 amide bonds. The SMILES string of the molecule is CCC(C(=O)NC(C)(C)C)N(CCc1ccccc1)C(=O)CCSc1ccccc1. The van der Waals surface area contributed by atoms with E-state index in [4.69, 9.17) is 0 Å². The van der Waals surface area contributed by atoms with Crippen molar-refractivity contribution in [3.63, 3.8) is 0 Å². The topological polar surface area (TPSA) is 49.4 Å². The summed E-state index contributed by atoms with van der Waals surface area (Å²) in [5.41, 5.74) is 0.835. The minimum atomic E-state index is -0.456. The van der Waals surface area contributed by atoms with Crippen LogP contribution >= 0.6 is 11.8 Å². The summed E-state index contributed by atoms with van der Waals surface area (Å²) >= 11 is 1.67. The summed E-state index contributed by atoms with van der Waals surface area (Å²) in [6, 6.07) is 19.7. The highest BCUT2D eigenvalue weighted by Crippen LogP contribution is 2.19. The third-order valence-corrected chi connectivity index (χ3v) is 5.71. The van der Waals surface area contributed by atoms with E-state index < -0.39 is 6.04 Å². The molecule has 2 rings (SSSR count). The highest BCUT2D eigenvalue weighted by Gasteiger charge is 2.30. The molecule has 0 fully saturated rings. The van der Waals surface area contributed by atoms with Gasteiger partial charge >= 0.3 is 0 Å². The van der Waals surface area contributed by atoms with Crippen LogP contribution in [0.3, 0.4) is 0 Å². The maximum Gasteiger partial charge on any atom is 0.243 e. The van der Waals surface area contributed by atoms with E-state index in [1.807, 2.05) is 76.2 Å². The van der Waals surface area contributed by atoms with E-state index in [1.165, 1.54) is 5.56 Å². The van der Waals surface area contributed by atoms with E-state index in [2.05, 4.69) is 17.4 Å². The molecule has 0 aliphatic heterocycles. The number of hydrogen-bond acceptors (Lipinski definition) is 3. The summed E-state index contributed by atoms with van der Waals surface area (Å²) < 4.78 is 0. The fraction of sp³-hybridized carbons (Fsp3) is 0.440. The number of nitrogens with zero attached hydrogens (tertiary/aromatic N) is 1. The van der Waals surface area contributed by atoms with Crippen LogP contribution < -0.4 is 5.32 Å². The van der Waals surface area contributed by atoms with Crippen molar-refractivity contribution in [1.29, 1.82) is 0 Å². The van der Waals surface area contributed by atoms with Gasteiger partial charge in [0.2, 0.25) is 11.8 Å². The molecule has 0 bridgehead atoms. The van der Waals surface area contributed by atoms with Crippen LogP contribution in [0.5, 0.6) is 0 Å². The Balaban J connectivity index is 2.07. The van der Waals surface area contributed by atoms with Crippen molar-refractivity contribution in [3.8, 4) is 0 Å². The predicted molar refractivity (Wildman–Crippen MR) is 126 cm³/mol. The first-order valence-electron chi connectivity index (χ1n) is 10.6. The van der Waals surface area contributed by atoms with Gasteiger partial charge in [-0.2, -0.15) is 0 Å². The molecule has 0 heterocycles. The molecule has 1 atom stereocenters. The Bertz CT molecular complexity index is 788. The van der Waals surface area contributed by atoms with Gasteiger partial charge in [-0.05, 0) is 51.3 Å². The fourth-order valence-corrected chi connectivity index (χ4v) is 4.13. The first-order valence-corrected chi connectivity index (χ1v) is 11.6. The van der Waals surface area contributed by atoms with Crippen LogP contribution in [0.1, 0.15) is 46.1 Å². The van der Waals surface area contributed by atoms with Crippen molar-refractivity contribution >= 4 is 23.6 Å². The molecule has 1 unspecified atom stereocenters. The van der Waals surface area contributed by atoms with E-state index in [9.17, 15) is 9.59 Å². The van der Waals surface area contributed by atoms with E-state index in [1.54, 1.807) is 16.7 Å². The van der Waals surface area contributed by atoms with Crippen molar-refractivity contribution in [2.24, 2.45) is 0 Å². The number of amides is 2. The van der Waals surface area contributed by atoms with E-state index in [0.29, 0.717) is 25.1 Å². The lowest BCUT2D eigenvalue weighted by Gasteiger charge is -2.33. The van der Waals surface area contributed by atoms with Crippen LogP contribution in [-0.2, 0) is 16.0 Å². The molecule has 0 saturated heterocycles. The Hall–Kier alpha value is -2.27. The molecule has 0 spiro atoms. The Morgan fingerprint density at radius 3 is 2.17 bits per heavy atom. The van der Waals surface area contributed by atoms with Gasteiger partial charge in [-0.15, -0.1) is 11.8 Å². The second-order valence-corrected chi connectivity index (χ2v) is 9.57. The van der Waals surface area contributed by atoms with Gasteiger partial charge in [0.05, 0.1) is 0 Å². The number of thioether (sulfide) groups is 1. The monoisotopic (exact) mass is 426 g/mol. The van der Waals surface area contributed by atoms with Crippen LogP contribution in [0.15, 0.2) is 65.6 Å². The highest BCUT2D eigenvalue weighted by atomic mass is 32.2. The summed E-state index contributed by atoms with van der Waals surface area (Å²) in [4.78, 5) is 29.0. The number of hydrogen-bond donors (Lipinski definition) is 1. The van der Waals surface area contributed by atoms with E-state index in [-0.39, 0.29) is 17.4 Å². The maximum atomic E-state index is 13.2. The molecule has 2 aromatic carbocycles. The molecule has 5 heteroatoms. The molecule has 2 aromatic rings. The molecule has 0 radical (unpaired) electrons. The van der Waals surface area contributed by atoms with Crippen LogP contribution in [0.2, 0.25) is 0 Å². The molecule has 30 heavy (non-hydrogen) atoms. The van der Waals surface area contributed by atoms with Gasteiger partial charge in [-0.1, -0.05) is 55.5 Å². The van der Waals surface area contributed by atoms with Gasteiger partial charge in [-0.3, -0.25) is 9.59 Å². The number of carbonyl (C=O) groups is 2. The molecular formula is C25H34N2O2S. The smallest absolute Gasteiger partial charge is 0.243 e. The zero-order valence-electron chi connectivity index (χ0n) is 18.6. The van der Waals surface area contributed by atoms with Gasteiger partial charge in [-0.25, -0.2) is 0 Å². The van der Waals surface area contributed by atoms with E-state index >= 15 is 0 Å². The lowest BCUT2D eigenvalue weighted by atomic mass is 10.1. The van der Waals surface area contributed by atoms with Crippen molar-refractivity contribution in [2.45, 2.75) is 63.4 Å². The molecule has 4 nitrogen and oxygen atoms in total. The maximum absolute atomic E-state index is 13.2. The molecule has 162 valence electrons. The number of rotatable bonds is 10. The van der Waals surface area contributed by atoms with Gasteiger partial charge in [0.25, 0.3) is 0 Å². The lowest BCUT2D eigenvalue weighted by Crippen LogP contribution is -2.54. The average molecular weight is 427 g/mol. The third kappa shape index (κ3) is 8.23. The van der Waals surface area contributed by atoms with Gasteiger partial charge in [0.1, 0.15) is 6.04 Å². The molecule has 0 aliphatic rings. The highest BCUT2D eigenvalue weighted by molar-refractivity contribution is 7.99. The van der Waals surface area contributed by atoms with Gasteiger partial charge in [0, 0.05) is 29.2 Å². The lowest BCUT2D eigenvalue weighted by molar-refractivity contribution is -0.141. The van der Waals surface area contributed by atoms with Crippen LogP contribution in [0.25, 0.3) is 0 Å². The normalized spacial score (nSPS) is 12.3. The van der Waals surface area contributed by atoms with Gasteiger partial charge in [0.15, 0.2) is 0 Å². The predicted octanol–water partition coefficient (Wildman–Crippen LogP) is 4.93. The molecule has 1 N–H and O–H groups in total. The van der Waals surface area contributed by atoms with Crippen LogP contribution in [0, 0.1) is 0 Å². The zero-order valence-corrected chi connectivity index (χ0v) is 19.4. The first-order chi connectivity index (χ1) is 14.3. The van der Waals surface area contributed by atoms with Crippen molar-refractivity contribution < 1.29 is 9.59 Å². The molecule has 0 aliphatic carbocycles. The number of nitrogens with one attached hydrogen (secondary N) is 1. The van der Waals surface area contributed by atoms with Crippen molar-refractivity contribution in [3.05, 3.63) is 66.2 Å². The third-order valence-electron chi connectivity index (χ3n) is 4.70. The number of carbonyl (C=O) groups excluding carboxylic acids is 2. The summed E-state index contributed by atoms with van der Waals surface area (Å²) in [6.07, 6.45) is 1.74. The summed E-state index contributed by atoms with van der Waals surface area (Å²) in [5, 5.41) is 3.05. The largest absolute Gasteiger partial charge is 0.350 e. The zero-order chi connectivity index (χ0) is 22.0. The van der Waals surface area contributed by atoms with Crippen molar-refractivity contribution in [1.82, 2.24) is 10.2 Å². The Labute approximate surface area is 185 Å². The van der Waals surface area contributed by atoms with E-state index in [0.717, 1.165) is 11.3 Å².